The summed E-state index contributed by atoms with van der Waals surface area (Å²) in [7, 11) is 0. The molecule has 1 aliphatic carbocycles. The Balaban J connectivity index is 2.03. The molecule has 1 saturated carbocycles. The second kappa shape index (κ2) is 3.73. The second-order valence-corrected chi connectivity index (χ2v) is 5.06. The molecule has 5 heteroatoms. The van der Waals surface area contributed by atoms with Crippen LogP contribution in [0.25, 0.3) is 0 Å². The summed E-state index contributed by atoms with van der Waals surface area (Å²) in [5.74, 6) is -1.08. The van der Waals surface area contributed by atoms with Gasteiger partial charge in [-0.05, 0) is 45.6 Å². The highest BCUT2D eigenvalue weighted by Gasteiger charge is 2.48. The molecule has 0 bridgehead atoms. The molecule has 1 heterocycles. The van der Waals surface area contributed by atoms with Crippen LogP contribution < -0.4 is 10.6 Å². The van der Waals surface area contributed by atoms with E-state index in [-0.39, 0.29) is 5.91 Å². The number of amides is 1. The average molecular weight is 226 g/mol. The van der Waals surface area contributed by atoms with E-state index in [1.165, 1.54) is 0 Å². The Morgan fingerprint density at radius 2 is 1.94 bits per heavy atom. The summed E-state index contributed by atoms with van der Waals surface area (Å²) < 4.78 is 0. The van der Waals surface area contributed by atoms with Crippen LogP contribution in [0.5, 0.6) is 0 Å². The van der Waals surface area contributed by atoms with Crippen LogP contribution in [-0.4, -0.2) is 34.6 Å². The highest BCUT2D eigenvalue weighted by molar-refractivity contribution is 5.92. The molecule has 1 aliphatic heterocycles. The summed E-state index contributed by atoms with van der Waals surface area (Å²) in [5.41, 5.74) is -1.58. The Bertz CT molecular complexity index is 317. The number of aliphatic carboxylic acids is 1. The average Bonchev–Trinajstić information content (AvgIpc) is 2.59. The summed E-state index contributed by atoms with van der Waals surface area (Å²) in [5, 5.41) is 15.0. The van der Waals surface area contributed by atoms with Gasteiger partial charge in [0, 0.05) is 0 Å². The molecular weight excluding hydrogens is 208 g/mol. The minimum atomic E-state index is -0.996. The number of carbonyl (C=O) groups excluding carboxylic acids is 1. The van der Waals surface area contributed by atoms with E-state index in [1.54, 1.807) is 0 Å². The first-order valence-corrected chi connectivity index (χ1v) is 5.80. The number of nitrogens with one attached hydrogen (secondary N) is 2. The predicted octanol–water partition coefficient (Wildman–Crippen LogP) is 0.252. The van der Waals surface area contributed by atoms with Gasteiger partial charge in [-0.1, -0.05) is 0 Å². The molecule has 0 spiro atoms. The molecule has 2 fully saturated rings. The first kappa shape index (κ1) is 11.4. The second-order valence-electron chi connectivity index (χ2n) is 5.06. The van der Waals surface area contributed by atoms with E-state index in [0.717, 1.165) is 25.8 Å². The minimum Gasteiger partial charge on any atom is -0.480 e. The molecule has 0 aromatic carbocycles. The number of hydrogen-bond donors (Lipinski definition) is 3. The van der Waals surface area contributed by atoms with Crippen molar-refractivity contribution < 1.29 is 14.7 Å². The molecule has 2 rings (SSSR count). The van der Waals surface area contributed by atoms with Crippen molar-refractivity contribution in [3.8, 4) is 0 Å². The van der Waals surface area contributed by atoms with Gasteiger partial charge in [-0.3, -0.25) is 4.79 Å². The minimum absolute atomic E-state index is 0.174. The van der Waals surface area contributed by atoms with Gasteiger partial charge in [-0.15, -0.1) is 0 Å². The summed E-state index contributed by atoms with van der Waals surface area (Å²) in [6.45, 7) is 2.66. The standard InChI is InChI=1S/C11H18N2O3/c1-10(4-3-7-12-10)8(14)13-11(9(15)16)5-2-6-11/h12H,2-7H2,1H3,(H,13,14)(H,15,16). The highest BCUT2D eigenvalue weighted by Crippen LogP contribution is 2.33. The molecule has 0 aromatic rings. The molecule has 1 unspecified atom stereocenters. The van der Waals surface area contributed by atoms with Crippen LogP contribution in [0.3, 0.4) is 0 Å². The SMILES string of the molecule is CC1(C(=O)NC2(C(=O)O)CCC2)CCCN1. The summed E-state index contributed by atoms with van der Waals surface area (Å²) in [6.07, 6.45) is 3.70. The van der Waals surface area contributed by atoms with Gasteiger partial charge in [-0.25, -0.2) is 4.79 Å². The van der Waals surface area contributed by atoms with E-state index in [4.69, 9.17) is 5.11 Å². The third-order valence-electron chi connectivity index (χ3n) is 3.84. The van der Waals surface area contributed by atoms with Gasteiger partial charge in [0.05, 0.1) is 5.54 Å². The zero-order valence-corrected chi connectivity index (χ0v) is 9.51. The van der Waals surface area contributed by atoms with E-state index < -0.39 is 17.0 Å². The number of carbonyl (C=O) groups is 2. The van der Waals surface area contributed by atoms with E-state index in [2.05, 4.69) is 10.6 Å². The zero-order valence-electron chi connectivity index (χ0n) is 9.51. The third kappa shape index (κ3) is 1.69. The van der Waals surface area contributed by atoms with Crippen molar-refractivity contribution >= 4 is 11.9 Å². The summed E-state index contributed by atoms with van der Waals surface area (Å²) in [6, 6.07) is 0. The molecule has 90 valence electrons. The van der Waals surface area contributed by atoms with Crippen LogP contribution >= 0.6 is 0 Å². The zero-order chi connectivity index (χ0) is 11.8. The Labute approximate surface area is 94.6 Å². The largest absolute Gasteiger partial charge is 0.480 e. The quantitative estimate of drug-likeness (QED) is 0.644. The topological polar surface area (TPSA) is 78.4 Å². The maximum Gasteiger partial charge on any atom is 0.329 e. The maximum atomic E-state index is 12.0. The lowest BCUT2D eigenvalue weighted by Crippen LogP contribution is -2.64. The van der Waals surface area contributed by atoms with Crippen LogP contribution in [0.1, 0.15) is 39.0 Å². The van der Waals surface area contributed by atoms with E-state index in [0.29, 0.717) is 12.8 Å². The Kier molecular flexibility index (Phi) is 2.66. The van der Waals surface area contributed by atoms with Crippen molar-refractivity contribution in [2.45, 2.75) is 50.1 Å². The molecule has 1 saturated heterocycles. The summed E-state index contributed by atoms with van der Waals surface area (Å²) >= 11 is 0. The van der Waals surface area contributed by atoms with Crippen LogP contribution in [0.4, 0.5) is 0 Å². The van der Waals surface area contributed by atoms with Crippen molar-refractivity contribution in [2.24, 2.45) is 0 Å². The molecular formula is C11H18N2O3. The fourth-order valence-corrected chi connectivity index (χ4v) is 2.37. The lowest BCUT2D eigenvalue weighted by atomic mass is 9.76. The van der Waals surface area contributed by atoms with Gasteiger partial charge in [0.1, 0.15) is 5.54 Å². The van der Waals surface area contributed by atoms with Gasteiger partial charge >= 0.3 is 5.97 Å². The fourth-order valence-electron chi connectivity index (χ4n) is 2.37. The van der Waals surface area contributed by atoms with Gasteiger partial charge in [0.2, 0.25) is 5.91 Å². The first-order chi connectivity index (χ1) is 7.49. The Hall–Kier alpha value is -1.10. The van der Waals surface area contributed by atoms with E-state index >= 15 is 0 Å². The van der Waals surface area contributed by atoms with E-state index in [1.807, 2.05) is 6.92 Å². The molecule has 0 radical (unpaired) electrons. The van der Waals surface area contributed by atoms with Crippen LogP contribution in [-0.2, 0) is 9.59 Å². The number of hydrogen-bond acceptors (Lipinski definition) is 3. The maximum absolute atomic E-state index is 12.0. The van der Waals surface area contributed by atoms with Crippen molar-refractivity contribution in [3.05, 3.63) is 0 Å². The molecule has 1 atom stereocenters. The fraction of sp³-hybridized carbons (Fsp3) is 0.818. The molecule has 2 aliphatic rings. The van der Waals surface area contributed by atoms with Crippen LogP contribution in [0.15, 0.2) is 0 Å². The Morgan fingerprint density at radius 1 is 1.25 bits per heavy atom. The van der Waals surface area contributed by atoms with Gasteiger partial charge in [0.25, 0.3) is 0 Å². The number of carboxylic acid groups (broad SMARTS) is 1. The van der Waals surface area contributed by atoms with Crippen molar-refractivity contribution in [1.82, 2.24) is 10.6 Å². The lowest BCUT2D eigenvalue weighted by molar-refractivity contribution is -0.152. The highest BCUT2D eigenvalue weighted by atomic mass is 16.4. The van der Waals surface area contributed by atoms with Gasteiger partial charge < -0.3 is 15.7 Å². The molecule has 1 amide bonds. The number of rotatable bonds is 3. The molecule has 5 nitrogen and oxygen atoms in total. The summed E-state index contributed by atoms with van der Waals surface area (Å²) in [4.78, 5) is 23.2. The van der Waals surface area contributed by atoms with E-state index in [9.17, 15) is 9.59 Å². The lowest BCUT2D eigenvalue weighted by Gasteiger charge is -2.40. The van der Waals surface area contributed by atoms with Gasteiger partial charge in [0.15, 0.2) is 0 Å². The molecule has 3 N–H and O–H groups in total. The van der Waals surface area contributed by atoms with Crippen molar-refractivity contribution in [2.75, 3.05) is 6.54 Å². The normalized spacial score (nSPS) is 31.8. The Morgan fingerprint density at radius 3 is 2.31 bits per heavy atom. The third-order valence-corrected chi connectivity index (χ3v) is 3.84. The predicted molar refractivity (Wildman–Crippen MR) is 58.0 cm³/mol. The smallest absolute Gasteiger partial charge is 0.329 e. The first-order valence-electron chi connectivity index (χ1n) is 5.80. The molecule has 16 heavy (non-hydrogen) atoms. The van der Waals surface area contributed by atoms with Crippen LogP contribution in [0, 0.1) is 0 Å². The molecule has 0 aromatic heterocycles. The van der Waals surface area contributed by atoms with Gasteiger partial charge in [-0.2, -0.15) is 0 Å². The van der Waals surface area contributed by atoms with Crippen molar-refractivity contribution in [1.29, 1.82) is 0 Å². The monoisotopic (exact) mass is 226 g/mol. The number of carboxylic acids is 1. The van der Waals surface area contributed by atoms with Crippen LogP contribution in [0.2, 0.25) is 0 Å². The van der Waals surface area contributed by atoms with Crippen molar-refractivity contribution in [3.63, 3.8) is 0 Å².